The third-order valence-corrected chi connectivity index (χ3v) is 7.69. The van der Waals surface area contributed by atoms with E-state index in [9.17, 15) is 9.59 Å². The Morgan fingerprint density at radius 2 is 1.57 bits per heavy atom. The summed E-state index contributed by atoms with van der Waals surface area (Å²) in [5, 5.41) is 3.27. The van der Waals surface area contributed by atoms with Crippen LogP contribution in [0.25, 0.3) is 0 Å². The van der Waals surface area contributed by atoms with Gasteiger partial charge in [0, 0.05) is 36.6 Å². The van der Waals surface area contributed by atoms with Gasteiger partial charge in [0.15, 0.2) is 0 Å². The van der Waals surface area contributed by atoms with Crippen molar-refractivity contribution in [3.63, 3.8) is 0 Å². The van der Waals surface area contributed by atoms with E-state index in [0.29, 0.717) is 18.6 Å². The summed E-state index contributed by atoms with van der Waals surface area (Å²) >= 11 is 0. The van der Waals surface area contributed by atoms with Gasteiger partial charge in [-0.3, -0.25) is 9.59 Å². The Hall–Kier alpha value is -1.78. The van der Waals surface area contributed by atoms with E-state index in [1.54, 1.807) is 0 Å². The first kappa shape index (κ1) is 21.5. The van der Waals surface area contributed by atoms with Gasteiger partial charge < -0.3 is 14.8 Å². The number of hydrogen-bond acceptors (Lipinski definition) is 2. The van der Waals surface area contributed by atoms with Crippen molar-refractivity contribution in [1.82, 2.24) is 14.8 Å². The molecule has 2 heterocycles. The molecule has 1 aromatic heterocycles. The highest BCUT2D eigenvalue weighted by Crippen LogP contribution is 2.33. The Morgan fingerprint density at radius 3 is 2.27 bits per heavy atom. The Kier molecular flexibility index (Phi) is 6.84. The lowest BCUT2D eigenvalue weighted by molar-refractivity contribution is -0.127. The van der Waals surface area contributed by atoms with E-state index in [0.717, 1.165) is 43.5 Å². The van der Waals surface area contributed by atoms with Crippen molar-refractivity contribution in [3.05, 3.63) is 23.0 Å². The average molecular weight is 414 g/mol. The van der Waals surface area contributed by atoms with Crippen LogP contribution in [0.2, 0.25) is 0 Å². The monoisotopic (exact) mass is 413 g/mol. The molecule has 0 bridgehead atoms. The number of piperidine rings is 1. The molecule has 1 aromatic rings. The van der Waals surface area contributed by atoms with Gasteiger partial charge in [0.25, 0.3) is 5.91 Å². The fourth-order valence-corrected chi connectivity index (χ4v) is 6.01. The number of aryl methyl sites for hydroxylation is 1. The molecule has 0 spiro atoms. The third-order valence-electron chi connectivity index (χ3n) is 7.69. The zero-order valence-corrected chi connectivity index (χ0v) is 18.9. The van der Waals surface area contributed by atoms with E-state index in [4.69, 9.17) is 0 Å². The Bertz CT molecular complexity index is 757. The molecule has 1 atom stereocenters. The first-order valence-corrected chi connectivity index (χ1v) is 12.3. The molecule has 1 unspecified atom stereocenters. The Balaban J connectivity index is 1.42. The van der Waals surface area contributed by atoms with Gasteiger partial charge in [-0.05, 0) is 58.4 Å². The van der Waals surface area contributed by atoms with Gasteiger partial charge in [-0.1, -0.05) is 38.5 Å². The van der Waals surface area contributed by atoms with E-state index in [2.05, 4.69) is 29.8 Å². The van der Waals surface area contributed by atoms with E-state index in [-0.39, 0.29) is 17.7 Å². The summed E-state index contributed by atoms with van der Waals surface area (Å²) in [6.45, 7) is 5.56. The van der Waals surface area contributed by atoms with Gasteiger partial charge in [-0.15, -0.1) is 0 Å². The minimum Gasteiger partial charge on any atom is -0.353 e. The highest BCUT2D eigenvalue weighted by molar-refractivity contribution is 5.96. The van der Waals surface area contributed by atoms with Gasteiger partial charge in [0.1, 0.15) is 0 Å². The Labute approximate surface area is 181 Å². The minimum atomic E-state index is -0.0635. The van der Waals surface area contributed by atoms with Crippen LogP contribution in [0, 0.1) is 19.8 Å². The molecule has 3 aliphatic rings. The van der Waals surface area contributed by atoms with Crippen LogP contribution in [0.1, 0.15) is 105 Å². The topological polar surface area (TPSA) is 54.3 Å². The number of carbonyl (C=O) groups excluding carboxylic acids is 2. The summed E-state index contributed by atoms with van der Waals surface area (Å²) in [5.74, 6) is 0.207. The fourth-order valence-electron chi connectivity index (χ4n) is 6.01. The molecular weight excluding hydrogens is 374 g/mol. The summed E-state index contributed by atoms with van der Waals surface area (Å²) in [5.41, 5.74) is 3.15. The summed E-state index contributed by atoms with van der Waals surface area (Å²) in [6.07, 6.45) is 14.1. The third kappa shape index (κ3) is 4.60. The van der Waals surface area contributed by atoms with Gasteiger partial charge in [-0.2, -0.15) is 0 Å². The van der Waals surface area contributed by atoms with E-state index < -0.39 is 0 Å². The van der Waals surface area contributed by atoms with Crippen LogP contribution in [-0.4, -0.2) is 40.4 Å². The second kappa shape index (κ2) is 9.57. The number of nitrogens with one attached hydrogen (secondary N) is 1. The number of likely N-dealkylation sites (tertiary alicyclic amines) is 1. The number of carbonyl (C=O) groups is 2. The molecule has 4 rings (SSSR count). The van der Waals surface area contributed by atoms with Crippen LogP contribution < -0.4 is 5.32 Å². The molecule has 1 saturated heterocycles. The van der Waals surface area contributed by atoms with Crippen molar-refractivity contribution in [2.75, 3.05) is 13.1 Å². The molecule has 5 nitrogen and oxygen atoms in total. The van der Waals surface area contributed by atoms with Crippen molar-refractivity contribution < 1.29 is 9.59 Å². The van der Waals surface area contributed by atoms with Gasteiger partial charge in [0.05, 0.1) is 11.5 Å². The van der Waals surface area contributed by atoms with Crippen LogP contribution in [0.5, 0.6) is 0 Å². The second-order valence-corrected chi connectivity index (χ2v) is 9.88. The molecular formula is C25H39N3O2. The maximum absolute atomic E-state index is 13.4. The average Bonchev–Trinajstić information content (AvgIpc) is 3.08. The lowest BCUT2D eigenvalue weighted by Gasteiger charge is -2.33. The molecule has 0 aromatic carbocycles. The largest absolute Gasteiger partial charge is 0.353 e. The molecule has 30 heavy (non-hydrogen) atoms. The number of amides is 2. The maximum atomic E-state index is 13.4. The first-order valence-electron chi connectivity index (χ1n) is 12.3. The van der Waals surface area contributed by atoms with E-state index in [1.165, 1.54) is 57.1 Å². The molecule has 1 aliphatic heterocycles. The maximum Gasteiger partial charge on any atom is 0.255 e. The van der Waals surface area contributed by atoms with Crippen molar-refractivity contribution in [2.24, 2.45) is 5.92 Å². The minimum absolute atomic E-state index is 0.0635. The predicted molar refractivity (Wildman–Crippen MR) is 120 cm³/mol. The zero-order chi connectivity index (χ0) is 21.1. The van der Waals surface area contributed by atoms with Crippen LogP contribution >= 0.6 is 0 Å². The Morgan fingerprint density at radius 1 is 0.900 bits per heavy atom. The number of nitrogens with zero attached hydrogens (tertiary/aromatic N) is 2. The highest BCUT2D eigenvalue weighted by atomic mass is 16.2. The van der Waals surface area contributed by atoms with Crippen molar-refractivity contribution in [1.29, 1.82) is 0 Å². The number of aromatic nitrogens is 1. The molecule has 1 N–H and O–H groups in total. The molecule has 2 saturated carbocycles. The second-order valence-electron chi connectivity index (χ2n) is 9.88. The lowest BCUT2D eigenvalue weighted by Crippen LogP contribution is -2.48. The van der Waals surface area contributed by atoms with Crippen molar-refractivity contribution >= 4 is 11.8 Å². The normalized spacial score (nSPS) is 24.1. The molecule has 5 heteroatoms. The fraction of sp³-hybridized carbons (Fsp3) is 0.760. The van der Waals surface area contributed by atoms with Gasteiger partial charge >= 0.3 is 0 Å². The van der Waals surface area contributed by atoms with Gasteiger partial charge in [0.2, 0.25) is 5.91 Å². The lowest BCUT2D eigenvalue weighted by atomic mass is 9.92. The number of rotatable bonds is 4. The quantitative estimate of drug-likeness (QED) is 0.762. The molecule has 0 radical (unpaired) electrons. The summed E-state index contributed by atoms with van der Waals surface area (Å²) in [4.78, 5) is 28.2. The van der Waals surface area contributed by atoms with Crippen molar-refractivity contribution in [2.45, 2.75) is 103 Å². The first-order chi connectivity index (χ1) is 14.5. The smallest absolute Gasteiger partial charge is 0.255 e. The molecule has 2 aliphatic carbocycles. The van der Waals surface area contributed by atoms with Crippen LogP contribution in [-0.2, 0) is 4.79 Å². The van der Waals surface area contributed by atoms with Crippen LogP contribution in [0.4, 0.5) is 0 Å². The van der Waals surface area contributed by atoms with Gasteiger partial charge in [-0.25, -0.2) is 0 Å². The van der Waals surface area contributed by atoms with E-state index >= 15 is 0 Å². The highest BCUT2D eigenvalue weighted by Gasteiger charge is 2.32. The SMILES string of the molecule is Cc1cc(C(=O)N2CCCC(C(=O)NC3CCCCC3)C2)c(C)n1C1CCCCC1. The molecule has 166 valence electrons. The number of hydrogen-bond donors (Lipinski definition) is 1. The van der Waals surface area contributed by atoms with Crippen LogP contribution in [0.3, 0.4) is 0 Å². The zero-order valence-electron chi connectivity index (χ0n) is 18.9. The predicted octanol–water partition coefficient (Wildman–Crippen LogP) is 4.91. The summed E-state index contributed by atoms with van der Waals surface area (Å²) in [6, 6.07) is 2.96. The standard InChI is InChI=1S/C25H39N3O2/c1-18-16-23(19(2)28(18)22-13-7-4-8-14-22)25(30)27-15-9-10-20(17-27)24(29)26-21-11-5-3-6-12-21/h16,20-22H,3-15,17H2,1-2H3,(H,26,29). The van der Waals surface area contributed by atoms with E-state index in [1.807, 2.05) is 4.90 Å². The molecule has 3 fully saturated rings. The van der Waals surface area contributed by atoms with Crippen molar-refractivity contribution in [3.8, 4) is 0 Å². The van der Waals surface area contributed by atoms with Crippen LogP contribution in [0.15, 0.2) is 6.07 Å². The summed E-state index contributed by atoms with van der Waals surface area (Å²) < 4.78 is 2.41. The summed E-state index contributed by atoms with van der Waals surface area (Å²) in [7, 11) is 0. The molecule has 2 amide bonds.